The normalized spacial score (nSPS) is 12.1. The molecule has 0 bridgehead atoms. The van der Waals surface area contributed by atoms with Gasteiger partial charge in [0.15, 0.2) is 6.10 Å². The second kappa shape index (κ2) is 6.23. The van der Waals surface area contributed by atoms with E-state index in [0.717, 1.165) is 0 Å². The number of carbonyl (C=O) groups excluding carboxylic acids is 1. The molecule has 0 aliphatic heterocycles. The van der Waals surface area contributed by atoms with Crippen molar-refractivity contribution in [2.24, 2.45) is 0 Å². The number of hydrogen-bond acceptors (Lipinski definition) is 4. The molecule has 0 fully saturated rings. The third-order valence-electron chi connectivity index (χ3n) is 2.05. The highest BCUT2D eigenvalue weighted by molar-refractivity contribution is 9.10. The van der Waals surface area contributed by atoms with Crippen LogP contribution in [0.1, 0.15) is 18.6 Å². The summed E-state index contributed by atoms with van der Waals surface area (Å²) in [5.41, 5.74) is 0.269. The molecule has 4 nitrogen and oxygen atoms in total. The average Bonchev–Trinajstić information content (AvgIpc) is 2.27. The Balaban J connectivity index is 3.15. The van der Waals surface area contributed by atoms with Gasteiger partial charge in [-0.1, -0.05) is 27.5 Å². The van der Waals surface area contributed by atoms with Crippen LogP contribution in [-0.4, -0.2) is 24.8 Å². The van der Waals surface area contributed by atoms with E-state index in [1.807, 2.05) is 0 Å². The maximum absolute atomic E-state index is 11.4. The van der Waals surface area contributed by atoms with Crippen LogP contribution in [0.2, 0.25) is 5.02 Å². The van der Waals surface area contributed by atoms with Crippen LogP contribution in [-0.2, 0) is 9.53 Å². The van der Waals surface area contributed by atoms with E-state index < -0.39 is 12.1 Å². The molecule has 0 spiro atoms. The van der Waals surface area contributed by atoms with Gasteiger partial charge >= 0.3 is 5.97 Å². The predicted octanol–water partition coefficient (Wildman–Crippen LogP) is 2.71. The van der Waals surface area contributed by atoms with Gasteiger partial charge in [0.1, 0.15) is 5.75 Å². The van der Waals surface area contributed by atoms with Crippen LogP contribution >= 0.6 is 27.5 Å². The Hall–Kier alpha value is -0.780. The number of aliphatic hydroxyl groups is 1. The molecule has 1 unspecified atom stereocenters. The zero-order chi connectivity index (χ0) is 13.0. The quantitative estimate of drug-likeness (QED) is 0.866. The molecule has 1 rings (SSSR count). The van der Waals surface area contributed by atoms with Gasteiger partial charge < -0.3 is 14.6 Å². The number of hydrogen-bond donors (Lipinski definition) is 1. The van der Waals surface area contributed by atoms with E-state index in [1.54, 1.807) is 19.1 Å². The van der Waals surface area contributed by atoms with E-state index in [1.165, 1.54) is 7.11 Å². The van der Waals surface area contributed by atoms with Crippen LogP contribution in [0.4, 0.5) is 0 Å². The number of halogens is 2. The zero-order valence-corrected chi connectivity index (χ0v) is 11.7. The highest BCUT2D eigenvalue weighted by Gasteiger charge is 2.24. The van der Waals surface area contributed by atoms with Gasteiger partial charge in [0.05, 0.1) is 18.7 Å². The number of benzene rings is 1. The van der Waals surface area contributed by atoms with Crippen LogP contribution in [0.3, 0.4) is 0 Å². The first-order valence-corrected chi connectivity index (χ1v) is 6.06. The van der Waals surface area contributed by atoms with E-state index in [2.05, 4.69) is 15.9 Å². The van der Waals surface area contributed by atoms with Gasteiger partial charge in [-0.15, -0.1) is 0 Å². The Morgan fingerprint density at radius 1 is 1.59 bits per heavy atom. The molecule has 17 heavy (non-hydrogen) atoms. The van der Waals surface area contributed by atoms with Crippen LogP contribution in [0.5, 0.6) is 5.75 Å². The summed E-state index contributed by atoms with van der Waals surface area (Å²) in [4.78, 5) is 11.4. The monoisotopic (exact) mass is 322 g/mol. The first kappa shape index (κ1) is 14.3. The van der Waals surface area contributed by atoms with Crippen LogP contribution in [0.15, 0.2) is 16.6 Å². The Labute approximate surface area is 113 Å². The molecule has 1 aromatic rings. The first-order chi connectivity index (χ1) is 8.01. The minimum absolute atomic E-state index is 0.194. The molecule has 1 aromatic carbocycles. The van der Waals surface area contributed by atoms with Gasteiger partial charge in [-0.25, -0.2) is 4.79 Å². The average molecular weight is 324 g/mol. The lowest BCUT2D eigenvalue weighted by molar-refractivity contribution is -0.153. The number of rotatable bonds is 4. The number of esters is 1. The summed E-state index contributed by atoms with van der Waals surface area (Å²) >= 11 is 9.17. The lowest BCUT2D eigenvalue weighted by Crippen LogP contribution is -2.16. The Morgan fingerprint density at radius 3 is 2.76 bits per heavy atom. The molecule has 0 heterocycles. The Morgan fingerprint density at radius 2 is 2.24 bits per heavy atom. The zero-order valence-electron chi connectivity index (χ0n) is 9.37. The molecule has 0 aliphatic rings. The highest BCUT2D eigenvalue weighted by Crippen LogP contribution is 2.36. The third-order valence-corrected chi connectivity index (χ3v) is 2.78. The number of methoxy groups -OCH3 is 1. The fraction of sp³-hybridized carbons (Fsp3) is 0.364. The van der Waals surface area contributed by atoms with Crippen molar-refractivity contribution in [2.75, 3.05) is 13.7 Å². The maximum Gasteiger partial charge on any atom is 0.339 e. The van der Waals surface area contributed by atoms with Gasteiger partial charge in [0.2, 0.25) is 0 Å². The molecule has 0 radical (unpaired) electrons. The fourth-order valence-corrected chi connectivity index (χ4v) is 2.26. The fourth-order valence-electron chi connectivity index (χ4n) is 1.35. The van der Waals surface area contributed by atoms with Gasteiger partial charge in [0.25, 0.3) is 0 Å². The lowest BCUT2D eigenvalue weighted by atomic mass is 10.1. The molecule has 0 saturated carbocycles. The minimum atomic E-state index is -1.42. The van der Waals surface area contributed by atoms with Crippen molar-refractivity contribution in [2.45, 2.75) is 13.0 Å². The van der Waals surface area contributed by atoms with E-state index >= 15 is 0 Å². The molecular weight excluding hydrogens is 311 g/mol. The van der Waals surface area contributed by atoms with Crippen molar-refractivity contribution in [3.05, 3.63) is 27.2 Å². The molecule has 0 aliphatic carbocycles. The van der Waals surface area contributed by atoms with E-state index in [9.17, 15) is 9.90 Å². The van der Waals surface area contributed by atoms with Crippen LogP contribution in [0.25, 0.3) is 0 Å². The summed E-state index contributed by atoms with van der Waals surface area (Å²) in [7, 11) is 1.41. The Bertz CT molecular complexity index is 422. The molecule has 0 aromatic heterocycles. The van der Waals surface area contributed by atoms with Crippen LogP contribution in [0, 0.1) is 0 Å². The lowest BCUT2D eigenvalue weighted by Gasteiger charge is -2.15. The largest absolute Gasteiger partial charge is 0.495 e. The predicted molar refractivity (Wildman–Crippen MR) is 67.3 cm³/mol. The summed E-state index contributed by atoms with van der Waals surface area (Å²) in [6.45, 7) is 1.86. The molecule has 0 saturated heterocycles. The van der Waals surface area contributed by atoms with Gasteiger partial charge in [-0.05, 0) is 19.1 Å². The molecule has 1 atom stereocenters. The molecule has 6 heteroatoms. The number of ether oxygens (including phenoxy) is 2. The van der Waals surface area contributed by atoms with Crippen molar-refractivity contribution in [3.63, 3.8) is 0 Å². The van der Waals surface area contributed by atoms with Gasteiger partial charge in [-0.2, -0.15) is 0 Å². The van der Waals surface area contributed by atoms with Crippen molar-refractivity contribution >= 4 is 33.5 Å². The second-order valence-corrected chi connectivity index (χ2v) is 4.49. The standard InChI is InChI=1S/C11H12BrClO4/c1-3-17-11(15)9(14)7-4-6(12)5-8(13)10(7)16-2/h4-5,9,14H,3H2,1-2H3. The van der Waals surface area contributed by atoms with Gasteiger partial charge in [-0.3, -0.25) is 0 Å². The van der Waals surface area contributed by atoms with Crippen LogP contribution < -0.4 is 4.74 Å². The SMILES string of the molecule is CCOC(=O)C(O)c1cc(Br)cc(Cl)c1OC. The maximum atomic E-state index is 11.4. The van der Waals surface area contributed by atoms with E-state index in [-0.39, 0.29) is 17.9 Å². The number of aliphatic hydroxyl groups excluding tert-OH is 1. The third kappa shape index (κ3) is 3.34. The summed E-state index contributed by atoms with van der Waals surface area (Å²) in [6, 6.07) is 3.17. The van der Waals surface area contributed by atoms with Crippen molar-refractivity contribution in [1.29, 1.82) is 0 Å². The highest BCUT2D eigenvalue weighted by atomic mass is 79.9. The number of carbonyl (C=O) groups is 1. The summed E-state index contributed by atoms with van der Waals surface area (Å²) in [5.74, 6) is -0.476. The molecular formula is C11H12BrClO4. The smallest absolute Gasteiger partial charge is 0.339 e. The van der Waals surface area contributed by atoms with Crippen molar-refractivity contribution < 1.29 is 19.4 Å². The first-order valence-electron chi connectivity index (χ1n) is 4.88. The topological polar surface area (TPSA) is 55.8 Å². The van der Waals surface area contributed by atoms with E-state index in [4.69, 9.17) is 21.1 Å². The summed E-state index contributed by atoms with van der Waals surface area (Å²) in [5, 5.41) is 10.2. The van der Waals surface area contributed by atoms with E-state index in [0.29, 0.717) is 9.50 Å². The molecule has 94 valence electrons. The second-order valence-electron chi connectivity index (χ2n) is 3.16. The summed E-state index contributed by atoms with van der Waals surface area (Å²) in [6.07, 6.45) is -1.42. The summed E-state index contributed by atoms with van der Waals surface area (Å²) < 4.78 is 10.4. The molecule has 0 amide bonds. The van der Waals surface area contributed by atoms with Crippen molar-refractivity contribution in [1.82, 2.24) is 0 Å². The van der Waals surface area contributed by atoms with Gasteiger partial charge in [0, 0.05) is 10.0 Å². The Kier molecular flexibility index (Phi) is 5.24. The molecule has 1 N–H and O–H groups in total. The minimum Gasteiger partial charge on any atom is -0.495 e. The van der Waals surface area contributed by atoms with Crippen molar-refractivity contribution in [3.8, 4) is 5.75 Å².